The summed E-state index contributed by atoms with van der Waals surface area (Å²) in [5, 5.41) is 5.26. The van der Waals surface area contributed by atoms with Crippen molar-refractivity contribution in [2.45, 2.75) is 0 Å². The van der Waals surface area contributed by atoms with Gasteiger partial charge in [0.1, 0.15) is 0 Å². The first-order valence-corrected chi connectivity index (χ1v) is 17.6. The molecule has 3 heteroatoms. The number of aromatic nitrogens is 1. The lowest BCUT2D eigenvalue weighted by Gasteiger charge is -2.09. The Morgan fingerprint density at radius 1 is 0.340 bits per heavy atom. The molecule has 0 amide bonds. The van der Waals surface area contributed by atoms with Gasteiger partial charge in [-0.25, -0.2) is 0 Å². The second-order valence-corrected chi connectivity index (χ2v) is 14.3. The van der Waals surface area contributed by atoms with Crippen molar-refractivity contribution in [3.8, 4) is 39.1 Å². The Kier molecular flexibility index (Phi) is 5.98. The molecule has 0 aliphatic rings. The molecular weight excluding hydrogens is 607 g/mol. The lowest BCUT2D eigenvalue weighted by atomic mass is 9.98. The van der Waals surface area contributed by atoms with E-state index in [4.69, 9.17) is 0 Å². The maximum atomic E-state index is 2.43. The molecule has 0 aliphatic carbocycles. The van der Waals surface area contributed by atoms with E-state index in [-0.39, 0.29) is 0 Å². The van der Waals surface area contributed by atoms with Crippen molar-refractivity contribution in [3.63, 3.8) is 0 Å². The van der Waals surface area contributed by atoms with E-state index in [9.17, 15) is 0 Å². The van der Waals surface area contributed by atoms with Crippen LogP contribution in [0.15, 0.2) is 164 Å². The van der Waals surface area contributed by atoms with Crippen LogP contribution in [0.4, 0.5) is 0 Å². The van der Waals surface area contributed by atoms with Crippen LogP contribution in [0.5, 0.6) is 0 Å². The average Bonchev–Trinajstić information content (AvgIpc) is 3.80. The summed E-state index contributed by atoms with van der Waals surface area (Å²) < 4.78 is 7.74. The summed E-state index contributed by atoms with van der Waals surface area (Å²) in [6, 6.07) is 60.0. The van der Waals surface area contributed by atoms with Gasteiger partial charge in [-0.15, -0.1) is 22.7 Å². The van der Waals surface area contributed by atoms with E-state index in [1.165, 1.54) is 90.4 Å². The van der Waals surface area contributed by atoms with Crippen LogP contribution < -0.4 is 0 Å². The van der Waals surface area contributed by atoms with Gasteiger partial charge in [0, 0.05) is 41.3 Å². The molecule has 220 valence electrons. The Balaban J connectivity index is 1.05. The molecule has 1 nitrogen and oxygen atoms in total. The molecule has 0 aliphatic heterocycles. The Morgan fingerprint density at radius 2 is 0.851 bits per heavy atom. The van der Waals surface area contributed by atoms with Gasteiger partial charge in [-0.1, -0.05) is 121 Å². The third kappa shape index (κ3) is 4.28. The Morgan fingerprint density at radius 3 is 1.53 bits per heavy atom. The van der Waals surface area contributed by atoms with E-state index in [0.29, 0.717) is 0 Å². The molecule has 0 unspecified atom stereocenters. The number of rotatable bonds is 4. The topological polar surface area (TPSA) is 4.93 Å². The molecule has 3 heterocycles. The molecule has 0 spiro atoms. The van der Waals surface area contributed by atoms with Crippen molar-refractivity contribution in [3.05, 3.63) is 164 Å². The zero-order valence-electron chi connectivity index (χ0n) is 25.4. The van der Waals surface area contributed by atoms with E-state index in [0.717, 1.165) is 0 Å². The molecule has 0 bridgehead atoms. The maximum absolute atomic E-state index is 2.43. The number of para-hydroxylation sites is 2. The fourth-order valence-corrected chi connectivity index (χ4v) is 9.58. The summed E-state index contributed by atoms with van der Waals surface area (Å²) >= 11 is 3.78. The largest absolute Gasteiger partial charge is 0.308 e. The smallest absolute Gasteiger partial charge is 0.0727 e. The van der Waals surface area contributed by atoms with Gasteiger partial charge in [-0.2, -0.15) is 0 Å². The SMILES string of the molecule is c1ccc(-c2ccc3c(c2)sc2cc(-c4cccc(-c5ccc6c(c5)sc5c7ccccc7n(-c7ccccc7)c65)c4)ccc23)cc1. The third-order valence-corrected chi connectivity index (χ3v) is 11.7. The zero-order valence-corrected chi connectivity index (χ0v) is 27.0. The fraction of sp³-hybridized carbons (Fsp3) is 0. The molecule has 0 saturated carbocycles. The Hall–Kier alpha value is -5.48. The van der Waals surface area contributed by atoms with Gasteiger partial charge in [0.15, 0.2) is 0 Å². The highest BCUT2D eigenvalue weighted by molar-refractivity contribution is 7.27. The van der Waals surface area contributed by atoms with Crippen LogP contribution in [0.3, 0.4) is 0 Å². The van der Waals surface area contributed by atoms with Gasteiger partial charge in [0.25, 0.3) is 0 Å². The molecule has 10 rings (SSSR count). The summed E-state index contributed by atoms with van der Waals surface area (Å²) in [4.78, 5) is 0. The highest BCUT2D eigenvalue weighted by atomic mass is 32.1. The highest BCUT2D eigenvalue weighted by Gasteiger charge is 2.18. The number of benzene rings is 7. The van der Waals surface area contributed by atoms with Crippen molar-refractivity contribution in [2.75, 3.05) is 0 Å². The standard InChI is InChI=1S/C44H27NS2/c1-3-10-28(11-4-1)31-18-21-35-36-22-19-32(26-41(36)46-40(35)25-31)29-12-9-13-30(24-29)33-20-23-38-42(27-33)47-44-37-16-7-8-17-39(37)45(43(38)44)34-14-5-2-6-15-34/h1-27H. The Labute approximate surface area is 280 Å². The summed E-state index contributed by atoms with van der Waals surface area (Å²) in [6.45, 7) is 0. The van der Waals surface area contributed by atoms with E-state index >= 15 is 0 Å². The quantitative estimate of drug-likeness (QED) is 0.182. The predicted octanol–water partition coefficient (Wildman–Crippen LogP) is 13.4. The average molecular weight is 634 g/mol. The van der Waals surface area contributed by atoms with Crippen LogP contribution >= 0.6 is 22.7 Å². The van der Waals surface area contributed by atoms with Crippen LogP contribution in [0.2, 0.25) is 0 Å². The van der Waals surface area contributed by atoms with Crippen LogP contribution in [-0.4, -0.2) is 4.57 Å². The number of hydrogen-bond acceptors (Lipinski definition) is 2. The molecule has 7 aromatic carbocycles. The van der Waals surface area contributed by atoms with Crippen LogP contribution in [-0.2, 0) is 0 Å². The number of nitrogens with zero attached hydrogens (tertiary/aromatic N) is 1. The first-order chi connectivity index (χ1) is 23.3. The summed E-state index contributed by atoms with van der Waals surface area (Å²) in [5.74, 6) is 0. The monoisotopic (exact) mass is 633 g/mol. The molecule has 10 aromatic rings. The second kappa shape index (κ2) is 10.5. The Bertz CT molecular complexity index is 2780. The summed E-state index contributed by atoms with van der Waals surface area (Å²) in [7, 11) is 0. The minimum absolute atomic E-state index is 1.20. The molecule has 47 heavy (non-hydrogen) atoms. The van der Waals surface area contributed by atoms with E-state index in [2.05, 4.69) is 168 Å². The van der Waals surface area contributed by atoms with E-state index in [1.807, 2.05) is 22.7 Å². The van der Waals surface area contributed by atoms with Crippen molar-refractivity contribution in [2.24, 2.45) is 0 Å². The minimum atomic E-state index is 1.20. The predicted molar refractivity (Wildman–Crippen MR) is 205 cm³/mol. The molecule has 0 N–H and O–H groups in total. The minimum Gasteiger partial charge on any atom is -0.308 e. The lowest BCUT2D eigenvalue weighted by Crippen LogP contribution is -1.92. The first kappa shape index (κ1) is 26.7. The first-order valence-electron chi connectivity index (χ1n) is 15.9. The molecular formula is C44H27NS2. The van der Waals surface area contributed by atoms with Gasteiger partial charge >= 0.3 is 0 Å². The fourth-order valence-electron chi connectivity index (χ4n) is 7.14. The van der Waals surface area contributed by atoms with Crippen molar-refractivity contribution in [1.29, 1.82) is 0 Å². The number of thiophene rings is 2. The van der Waals surface area contributed by atoms with Crippen LogP contribution in [0.25, 0.3) is 90.4 Å². The van der Waals surface area contributed by atoms with Crippen molar-refractivity contribution >= 4 is 74.1 Å². The molecule has 0 saturated heterocycles. The summed E-state index contributed by atoms with van der Waals surface area (Å²) in [5.41, 5.74) is 11.2. The van der Waals surface area contributed by atoms with Gasteiger partial charge in [-0.3, -0.25) is 0 Å². The number of fused-ring (bicyclic) bond motifs is 8. The number of hydrogen-bond donors (Lipinski definition) is 0. The van der Waals surface area contributed by atoms with Crippen molar-refractivity contribution < 1.29 is 0 Å². The maximum Gasteiger partial charge on any atom is 0.0727 e. The third-order valence-electron chi connectivity index (χ3n) is 9.40. The molecule has 0 radical (unpaired) electrons. The van der Waals surface area contributed by atoms with Gasteiger partial charge in [0.05, 0.1) is 15.7 Å². The van der Waals surface area contributed by atoms with E-state index < -0.39 is 0 Å². The molecule has 3 aromatic heterocycles. The second-order valence-electron chi connectivity index (χ2n) is 12.1. The summed E-state index contributed by atoms with van der Waals surface area (Å²) in [6.07, 6.45) is 0. The van der Waals surface area contributed by atoms with E-state index in [1.54, 1.807) is 0 Å². The molecule has 0 atom stereocenters. The lowest BCUT2D eigenvalue weighted by molar-refractivity contribution is 1.19. The zero-order chi connectivity index (χ0) is 30.9. The highest BCUT2D eigenvalue weighted by Crippen LogP contribution is 2.44. The molecule has 0 fully saturated rings. The normalized spacial score (nSPS) is 11.8. The van der Waals surface area contributed by atoms with Crippen LogP contribution in [0, 0.1) is 0 Å². The van der Waals surface area contributed by atoms with Crippen LogP contribution in [0.1, 0.15) is 0 Å². The van der Waals surface area contributed by atoms with Gasteiger partial charge < -0.3 is 4.57 Å². The van der Waals surface area contributed by atoms with Gasteiger partial charge in [-0.05, 0) is 75.8 Å². The van der Waals surface area contributed by atoms with Gasteiger partial charge in [0.2, 0.25) is 0 Å². The van der Waals surface area contributed by atoms with Crippen molar-refractivity contribution in [1.82, 2.24) is 4.57 Å².